The molecule has 1 aliphatic rings. The minimum Gasteiger partial charge on any atom is -0.295 e. The van der Waals surface area contributed by atoms with Crippen LogP contribution in [0.4, 0.5) is 0 Å². The molecule has 1 atom stereocenters. The second-order valence-electron chi connectivity index (χ2n) is 4.82. The Labute approximate surface area is 130 Å². The zero-order valence-corrected chi connectivity index (χ0v) is 13.7. The van der Waals surface area contributed by atoms with Crippen LogP contribution >= 0.6 is 6.34 Å². The first kappa shape index (κ1) is 14.3. The number of hydrogen-bond donors (Lipinski definition) is 1. The molecule has 0 aliphatic carbocycles. The predicted octanol–water partition coefficient (Wildman–Crippen LogP) is 2.37. The quantitative estimate of drug-likeness (QED) is 0.862. The van der Waals surface area contributed by atoms with E-state index in [4.69, 9.17) is 11.8 Å². The third-order valence-corrected chi connectivity index (χ3v) is 8.29. The molecule has 2 aromatic carbocycles. The van der Waals surface area contributed by atoms with Gasteiger partial charge in [0.25, 0.3) is 0 Å². The van der Waals surface area contributed by atoms with Crippen molar-refractivity contribution >= 4 is 29.3 Å². The molecular formula is C15H17N4PS. The van der Waals surface area contributed by atoms with E-state index in [0.717, 1.165) is 16.7 Å². The number of nitrogens with one attached hydrogen (secondary N) is 1. The second-order valence-corrected chi connectivity index (χ2v) is 9.13. The SMILES string of the molecule is CN1N=C(c2ccccc2)NN(C)[P@]1(=S)c1ccccc1. The van der Waals surface area contributed by atoms with Crippen molar-refractivity contribution < 1.29 is 0 Å². The Morgan fingerprint density at radius 3 is 2.10 bits per heavy atom. The van der Waals surface area contributed by atoms with Gasteiger partial charge >= 0.3 is 0 Å². The average Bonchev–Trinajstić information content (AvgIpc) is 2.54. The first-order valence-electron chi connectivity index (χ1n) is 6.67. The van der Waals surface area contributed by atoms with Gasteiger partial charge in [-0.2, -0.15) is 9.88 Å². The Hall–Kier alpha value is -1.68. The summed E-state index contributed by atoms with van der Waals surface area (Å²) < 4.78 is 3.95. The summed E-state index contributed by atoms with van der Waals surface area (Å²) in [5.74, 6) is 0.817. The Balaban J connectivity index is 2.02. The van der Waals surface area contributed by atoms with Crippen LogP contribution in [0.3, 0.4) is 0 Å². The molecule has 0 radical (unpaired) electrons. The fourth-order valence-electron chi connectivity index (χ4n) is 2.32. The van der Waals surface area contributed by atoms with Crippen molar-refractivity contribution in [2.45, 2.75) is 0 Å². The highest BCUT2D eigenvalue weighted by molar-refractivity contribution is 8.15. The second kappa shape index (κ2) is 5.60. The van der Waals surface area contributed by atoms with Gasteiger partial charge in [0.2, 0.25) is 0 Å². The van der Waals surface area contributed by atoms with Gasteiger partial charge in [-0.1, -0.05) is 60.7 Å². The molecule has 0 saturated carbocycles. The van der Waals surface area contributed by atoms with Gasteiger partial charge in [-0.05, 0) is 11.8 Å². The summed E-state index contributed by atoms with van der Waals surface area (Å²) >= 11 is 5.96. The third kappa shape index (κ3) is 2.48. The molecule has 21 heavy (non-hydrogen) atoms. The molecule has 2 aromatic rings. The predicted molar refractivity (Wildman–Crippen MR) is 92.0 cm³/mol. The number of nitrogens with zero attached hydrogens (tertiary/aromatic N) is 3. The van der Waals surface area contributed by atoms with Gasteiger partial charge in [0.1, 0.15) is 0 Å². The fraction of sp³-hybridized carbons (Fsp3) is 0.133. The summed E-state index contributed by atoms with van der Waals surface area (Å²) in [6.07, 6.45) is -2.10. The number of amidine groups is 1. The van der Waals surface area contributed by atoms with E-state index in [0.29, 0.717) is 0 Å². The van der Waals surface area contributed by atoms with Crippen molar-refractivity contribution in [1.29, 1.82) is 0 Å². The number of hydrazine groups is 1. The molecule has 0 fully saturated rings. The van der Waals surface area contributed by atoms with E-state index < -0.39 is 6.34 Å². The van der Waals surface area contributed by atoms with Crippen molar-refractivity contribution in [1.82, 2.24) is 15.0 Å². The molecule has 0 amide bonds. The molecule has 0 aromatic heterocycles. The molecule has 0 spiro atoms. The molecule has 108 valence electrons. The number of hydrazone groups is 1. The maximum Gasteiger partial charge on any atom is 0.168 e. The first-order chi connectivity index (χ1) is 10.1. The summed E-state index contributed by atoms with van der Waals surface area (Å²) in [6, 6.07) is 20.2. The van der Waals surface area contributed by atoms with Crippen LogP contribution in [-0.4, -0.2) is 29.5 Å². The summed E-state index contributed by atoms with van der Waals surface area (Å²) in [4.78, 5) is 0. The van der Waals surface area contributed by atoms with Crippen LogP contribution in [0, 0.1) is 0 Å². The first-order valence-corrected chi connectivity index (χ1v) is 9.38. The van der Waals surface area contributed by atoms with Gasteiger partial charge in [-0.15, -0.1) is 0 Å². The van der Waals surface area contributed by atoms with E-state index in [1.807, 2.05) is 72.2 Å². The van der Waals surface area contributed by atoms with E-state index in [2.05, 4.69) is 22.7 Å². The average molecular weight is 316 g/mol. The largest absolute Gasteiger partial charge is 0.295 e. The smallest absolute Gasteiger partial charge is 0.168 e. The highest BCUT2D eigenvalue weighted by atomic mass is 32.4. The maximum absolute atomic E-state index is 5.96. The highest BCUT2D eigenvalue weighted by Crippen LogP contribution is 2.51. The zero-order chi connectivity index (χ0) is 14.9. The highest BCUT2D eigenvalue weighted by Gasteiger charge is 2.34. The Bertz CT molecular complexity index is 702. The molecule has 3 rings (SSSR count). The lowest BCUT2D eigenvalue weighted by molar-refractivity contribution is 0.417. The van der Waals surface area contributed by atoms with Crippen LogP contribution in [0.5, 0.6) is 0 Å². The van der Waals surface area contributed by atoms with Gasteiger partial charge in [-0.25, -0.2) is 0 Å². The molecule has 1 N–H and O–H groups in total. The normalized spacial score (nSPS) is 22.6. The van der Waals surface area contributed by atoms with E-state index in [9.17, 15) is 0 Å². The Morgan fingerprint density at radius 2 is 1.52 bits per heavy atom. The van der Waals surface area contributed by atoms with E-state index in [-0.39, 0.29) is 0 Å². The monoisotopic (exact) mass is 316 g/mol. The minimum absolute atomic E-state index is 0.817. The minimum atomic E-state index is -2.10. The molecule has 6 heteroatoms. The van der Waals surface area contributed by atoms with Gasteiger partial charge in [0, 0.05) is 25.0 Å². The fourth-order valence-corrected chi connectivity index (χ4v) is 4.99. The van der Waals surface area contributed by atoms with Gasteiger partial charge < -0.3 is 0 Å². The van der Waals surface area contributed by atoms with Crippen LogP contribution in [0.1, 0.15) is 5.56 Å². The third-order valence-electron chi connectivity index (χ3n) is 3.45. The number of rotatable bonds is 2. The number of hydrogen-bond acceptors (Lipinski definition) is 3. The van der Waals surface area contributed by atoms with Gasteiger partial charge in [0.15, 0.2) is 12.2 Å². The summed E-state index contributed by atoms with van der Waals surface area (Å²) in [7, 11) is 3.94. The maximum atomic E-state index is 5.96. The number of benzene rings is 2. The Kier molecular flexibility index (Phi) is 3.81. The molecule has 0 saturated heterocycles. The summed E-state index contributed by atoms with van der Waals surface area (Å²) in [5, 5.41) is 5.79. The van der Waals surface area contributed by atoms with E-state index in [1.54, 1.807) is 0 Å². The zero-order valence-electron chi connectivity index (χ0n) is 12.0. The Morgan fingerprint density at radius 1 is 0.952 bits per heavy atom. The van der Waals surface area contributed by atoms with Crippen molar-refractivity contribution in [3.8, 4) is 0 Å². The standard InChI is InChI=1S/C15H17N4PS/c1-18-16-15(13-9-5-3-6-10-13)17-19(2)20(18,21)14-11-7-4-8-12-14/h3-12H,1-2H3,(H,16,17). The van der Waals surface area contributed by atoms with E-state index in [1.165, 1.54) is 0 Å². The van der Waals surface area contributed by atoms with Crippen LogP contribution in [0.15, 0.2) is 65.8 Å². The van der Waals surface area contributed by atoms with Crippen molar-refractivity contribution in [2.24, 2.45) is 5.10 Å². The molecule has 4 nitrogen and oxygen atoms in total. The summed E-state index contributed by atoms with van der Waals surface area (Å²) in [6.45, 7) is 0. The lowest BCUT2D eigenvalue weighted by Crippen LogP contribution is -2.47. The topological polar surface area (TPSA) is 30.9 Å². The van der Waals surface area contributed by atoms with Crippen LogP contribution in [0.25, 0.3) is 0 Å². The van der Waals surface area contributed by atoms with Crippen molar-refractivity contribution in [2.75, 3.05) is 14.1 Å². The molecular weight excluding hydrogens is 299 g/mol. The van der Waals surface area contributed by atoms with Crippen LogP contribution < -0.4 is 10.7 Å². The molecule has 1 aliphatic heterocycles. The van der Waals surface area contributed by atoms with Crippen molar-refractivity contribution in [3.05, 3.63) is 66.2 Å². The lowest BCUT2D eigenvalue weighted by Gasteiger charge is -2.42. The van der Waals surface area contributed by atoms with Crippen LogP contribution in [-0.2, 0) is 11.8 Å². The van der Waals surface area contributed by atoms with Gasteiger partial charge in [-0.3, -0.25) is 10.2 Å². The van der Waals surface area contributed by atoms with Gasteiger partial charge in [0.05, 0.1) is 0 Å². The van der Waals surface area contributed by atoms with Crippen LogP contribution in [0.2, 0.25) is 0 Å². The summed E-state index contributed by atoms with van der Waals surface area (Å²) in [5.41, 5.74) is 4.39. The molecule has 0 unspecified atom stereocenters. The lowest BCUT2D eigenvalue weighted by atomic mass is 10.2. The van der Waals surface area contributed by atoms with Crippen molar-refractivity contribution in [3.63, 3.8) is 0 Å². The molecule has 0 bridgehead atoms. The molecule has 1 heterocycles. The van der Waals surface area contributed by atoms with E-state index >= 15 is 0 Å².